The number of halogens is 1. The van der Waals surface area contributed by atoms with Crippen molar-refractivity contribution in [1.29, 1.82) is 0 Å². The summed E-state index contributed by atoms with van der Waals surface area (Å²) in [6.45, 7) is 0. The summed E-state index contributed by atoms with van der Waals surface area (Å²) in [7, 11) is 0. The third-order valence-corrected chi connectivity index (χ3v) is 3.05. The molecule has 1 aromatic rings. The zero-order valence-corrected chi connectivity index (χ0v) is 9.69. The first kappa shape index (κ1) is 12.0. The van der Waals surface area contributed by atoms with Gasteiger partial charge in [0.05, 0.1) is 17.8 Å². The van der Waals surface area contributed by atoms with Crippen LogP contribution >= 0.6 is 0 Å². The monoisotopic (exact) mass is 236 g/mol. The van der Waals surface area contributed by atoms with Gasteiger partial charge in [0.2, 0.25) is 0 Å². The largest absolute Gasteiger partial charge is 0.308 e. The Balaban J connectivity index is 2.20. The van der Waals surface area contributed by atoms with Crippen molar-refractivity contribution < 1.29 is 4.39 Å². The number of nitrogens with one attached hydrogen (secondary N) is 1. The minimum absolute atomic E-state index is 0.252. The Bertz CT molecular complexity index is 399. The zero-order chi connectivity index (χ0) is 12.1. The van der Waals surface area contributed by atoms with Gasteiger partial charge in [-0.1, -0.05) is 19.3 Å². The molecule has 1 aliphatic carbocycles. The summed E-state index contributed by atoms with van der Waals surface area (Å²) in [4.78, 5) is 8.21. The zero-order valence-electron chi connectivity index (χ0n) is 9.69. The summed E-state index contributed by atoms with van der Waals surface area (Å²) >= 11 is 0. The van der Waals surface area contributed by atoms with Gasteiger partial charge in [-0.15, -0.1) is 0 Å². The predicted molar refractivity (Wildman–Crippen MR) is 64.9 cm³/mol. The van der Waals surface area contributed by atoms with Gasteiger partial charge in [0.1, 0.15) is 5.84 Å². The maximum atomic E-state index is 13.5. The van der Waals surface area contributed by atoms with Crippen LogP contribution in [0.25, 0.3) is 0 Å². The quantitative estimate of drug-likeness (QED) is 0.356. The number of aliphatic imine (C=N–C) groups is 1. The fraction of sp³-hybridized carbons (Fsp3) is 0.500. The first-order valence-corrected chi connectivity index (χ1v) is 5.95. The van der Waals surface area contributed by atoms with Gasteiger partial charge in [-0.05, 0) is 18.9 Å². The number of amidine groups is 1. The minimum Gasteiger partial charge on any atom is -0.308 e. The summed E-state index contributed by atoms with van der Waals surface area (Å²) in [5, 5.41) is 0. The molecule has 1 heterocycles. The van der Waals surface area contributed by atoms with Crippen LogP contribution < -0.4 is 11.3 Å². The molecule has 0 amide bonds. The molecule has 0 bridgehead atoms. The molecule has 1 fully saturated rings. The van der Waals surface area contributed by atoms with E-state index in [0.717, 1.165) is 12.8 Å². The van der Waals surface area contributed by atoms with Gasteiger partial charge in [-0.2, -0.15) is 0 Å². The first-order chi connectivity index (χ1) is 8.31. The molecular weight excluding hydrogens is 219 g/mol. The van der Waals surface area contributed by atoms with E-state index < -0.39 is 5.82 Å². The van der Waals surface area contributed by atoms with Crippen molar-refractivity contribution in [3.63, 3.8) is 0 Å². The Morgan fingerprint density at radius 1 is 1.41 bits per heavy atom. The van der Waals surface area contributed by atoms with Gasteiger partial charge in [-0.25, -0.2) is 10.2 Å². The van der Waals surface area contributed by atoms with Crippen LogP contribution in [0.15, 0.2) is 23.5 Å². The van der Waals surface area contributed by atoms with Gasteiger partial charge in [0.25, 0.3) is 0 Å². The van der Waals surface area contributed by atoms with E-state index in [-0.39, 0.29) is 6.04 Å². The van der Waals surface area contributed by atoms with Gasteiger partial charge in [0.15, 0.2) is 5.82 Å². The van der Waals surface area contributed by atoms with E-state index in [1.165, 1.54) is 31.7 Å². The Hall–Kier alpha value is -1.49. The molecule has 1 aliphatic rings. The fourth-order valence-corrected chi connectivity index (χ4v) is 2.14. The average Bonchev–Trinajstić information content (AvgIpc) is 2.38. The van der Waals surface area contributed by atoms with Crippen molar-refractivity contribution in [2.45, 2.75) is 38.1 Å². The lowest BCUT2D eigenvalue weighted by atomic mass is 9.96. The highest BCUT2D eigenvalue weighted by molar-refractivity contribution is 5.98. The van der Waals surface area contributed by atoms with Gasteiger partial charge >= 0.3 is 0 Å². The maximum Gasteiger partial charge on any atom is 0.152 e. The van der Waals surface area contributed by atoms with E-state index in [1.807, 2.05) is 0 Å². The first-order valence-electron chi connectivity index (χ1n) is 5.95. The summed E-state index contributed by atoms with van der Waals surface area (Å²) in [6.07, 6.45) is 8.45. The third-order valence-electron chi connectivity index (χ3n) is 3.05. The third kappa shape index (κ3) is 3.00. The number of hydrogen-bond donors (Lipinski definition) is 2. The molecule has 5 heteroatoms. The summed E-state index contributed by atoms with van der Waals surface area (Å²) < 4.78 is 13.5. The number of rotatable bonds is 2. The molecule has 2 rings (SSSR count). The van der Waals surface area contributed by atoms with Crippen LogP contribution in [0.3, 0.4) is 0 Å². The molecule has 0 saturated heterocycles. The number of nitrogens with zero attached hydrogens (tertiary/aromatic N) is 2. The number of aromatic nitrogens is 1. The van der Waals surface area contributed by atoms with Crippen molar-refractivity contribution in [3.8, 4) is 0 Å². The number of hydrazine groups is 1. The molecule has 0 spiro atoms. The second kappa shape index (κ2) is 5.72. The molecule has 0 unspecified atom stereocenters. The number of hydrogen-bond acceptors (Lipinski definition) is 3. The molecule has 4 nitrogen and oxygen atoms in total. The average molecular weight is 236 g/mol. The van der Waals surface area contributed by atoms with E-state index in [1.54, 1.807) is 6.07 Å². The summed E-state index contributed by atoms with van der Waals surface area (Å²) in [5.74, 6) is 5.43. The Kier molecular flexibility index (Phi) is 4.03. The van der Waals surface area contributed by atoms with E-state index in [2.05, 4.69) is 15.4 Å². The van der Waals surface area contributed by atoms with Crippen molar-refractivity contribution >= 4 is 5.84 Å². The van der Waals surface area contributed by atoms with E-state index in [0.29, 0.717) is 11.4 Å². The van der Waals surface area contributed by atoms with Gasteiger partial charge < -0.3 is 5.43 Å². The molecule has 1 aromatic heterocycles. The molecule has 0 aromatic carbocycles. The highest BCUT2D eigenvalue weighted by Gasteiger charge is 2.15. The summed E-state index contributed by atoms with van der Waals surface area (Å²) in [6, 6.07) is 1.83. The Labute approximate surface area is 100 Å². The second-order valence-electron chi connectivity index (χ2n) is 4.27. The molecule has 0 atom stereocenters. The molecular formula is C12H17FN4. The lowest BCUT2D eigenvalue weighted by Gasteiger charge is -2.19. The maximum absolute atomic E-state index is 13.5. The minimum atomic E-state index is -0.403. The van der Waals surface area contributed by atoms with E-state index in [9.17, 15) is 4.39 Å². The van der Waals surface area contributed by atoms with Crippen molar-refractivity contribution in [2.24, 2.45) is 10.8 Å². The lowest BCUT2D eigenvalue weighted by Crippen LogP contribution is -2.33. The topological polar surface area (TPSA) is 63.3 Å². The fourth-order valence-electron chi connectivity index (χ4n) is 2.14. The normalized spacial score (nSPS) is 18.1. The number of pyridine rings is 1. The SMILES string of the molecule is NNC(=NC1CCCCC1)c1ccncc1F. The highest BCUT2D eigenvalue weighted by atomic mass is 19.1. The highest BCUT2D eigenvalue weighted by Crippen LogP contribution is 2.21. The predicted octanol–water partition coefficient (Wildman–Crippen LogP) is 1.76. The molecule has 17 heavy (non-hydrogen) atoms. The van der Waals surface area contributed by atoms with Crippen LogP contribution in [0.1, 0.15) is 37.7 Å². The van der Waals surface area contributed by atoms with Crippen LogP contribution in [-0.4, -0.2) is 16.9 Å². The second-order valence-corrected chi connectivity index (χ2v) is 4.27. The lowest BCUT2D eigenvalue weighted by molar-refractivity contribution is 0.442. The smallest absolute Gasteiger partial charge is 0.152 e. The van der Waals surface area contributed by atoms with Crippen molar-refractivity contribution in [3.05, 3.63) is 29.8 Å². The Morgan fingerprint density at radius 3 is 2.82 bits per heavy atom. The van der Waals surface area contributed by atoms with Crippen molar-refractivity contribution in [2.75, 3.05) is 0 Å². The molecule has 1 saturated carbocycles. The van der Waals surface area contributed by atoms with Crippen LogP contribution in [0.2, 0.25) is 0 Å². The van der Waals surface area contributed by atoms with E-state index >= 15 is 0 Å². The van der Waals surface area contributed by atoms with Crippen LogP contribution in [0, 0.1) is 5.82 Å². The van der Waals surface area contributed by atoms with Crippen LogP contribution in [-0.2, 0) is 0 Å². The Morgan fingerprint density at radius 2 is 2.18 bits per heavy atom. The standard InChI is InChI=1S/C12H17FN4/c13-11-8-15-7-6-10(11)12(17-14)16-9-4-2-1-3-5-9/h6-9H,1-5,14H2,(H,16,17). The van der Waals surface area contributed by atoms with Gasteiger partial charge in [-0.3, -0.25) is 9.98 Å². The van der Waals surface area contributed by atoms with Gasteiger partial charge in [0, 0.05) is 6.20 Å². The van der Waals surface area contributed by atoms with Crippen LogP contribution in [0.5, 0.6) is 0 Å². The molecule has 0 radical (unpaired) electrons. The molecule has 92 valence electrons. The van der Waals surface area contributed by atoms with Crippen LogP contribution in [0.4, 0.5) is 4.39 Å². The van der Waals surface area contributed by atoms with E-state index in [4.69, 9.17) is 5.84 Å². The molecule has 3 N–H and O–H groups in total. The number of nitrogens with two attached hydrogens (primary N) is 1. The van der Waals surface area contributed by atoms with Crippen molar-refractivity contribution in [1.82, 2.24) is 10.4 Å². The summed E-state index contributed by atoms with van der Waals surface area (Å²) in [5.41, 5.74) is 2.87. The molecule has 0 aliphatic heterocycles.